The second kappa shape index (κ2) is 12.4. The fourth-order valence-electron chi connectivity index (χ4n) is 3.23. The quantitative estimate of drug-likeness (QED) is 0.337. The van der Waals surface area contributed by atoms with Gasteiger partial charge >= 0.3 is 0 Å². The molecule has 2 rings (SSSR count). The van der Waals surface area contributed by atoms with Crippen LogP contribution in [0.2, 0.25) is 0 Å². The van der Waals surface area contributed by atoms with Crippen molar-refractivity contribution in [1.29, 1.82) is 0 Å². The Kier molecular flexibility index (Phi) is 9.79. The maximum absolute atomic E-state index is 12.1. The Hall–Kier alpha value is -2.12. The lowest BCUT2D eigenvalue weighted by Gasteiger charge is -2.36. The minimum absolute atomic E-state index is 0.0588. The fraction of sp³-hybridized carbons (Fsp3) is 0.619. The Morgan fingerprint density at radius 1 is 1.11 bits per heavy atom. The molecule has 1 atom stereocenters. The maximum Gasteiger partial charge on any atom is 0.251 e. The van der Waals surface area contributed by atoms with E-state index >= 15 is 0 Å². The molecule has 0 aliphatic carbocycles. The summed E-state index contributed by atoms with van der Waals surface area (Å²) in [4.78, 5) is 19.3. The summed E-state index contributed by atoms with van der Waals surface area (Å²) in [5.74, 6) is 1.25. The standard InChI is InChI=1S/C21H35N5O2/c1-4-22-21(24-11-10-23-20(27)18-8-6-5-7-9-18)25-16-19(17(2)3)26-12-14-28-15-13-26/h5-9,17,19H,4,10-16H2,1-3H3,(H,23,27)(H2,22,24,25). The molecular formula is C21H35N5O2. The first kappa shape index (κ1) is 22.2. The summed E-state index contributed by atoms with van der Waals surface area (Å²) in [7, 11) is 0. The molecule has 1 aliphatic rings. The van der Waals surface area contributed by atoms with Crippen molar-refractivity contribution in [1.82, 2.24) is 20.9 Å². The summed E-state index contributed by atoms with van der Waals surface area (Å²) in [6.07, 6.45) is 0. The van der Waals surface area contributed by atoms with Gasteiger partial charge in [0.25, 0.3) is 5.91 Å². The van der Waals surface area contributed by atoms with Crippen LogP contribution < -0.4 is 16.0 Å². The molecule has 1 aromatic carbocycles. The molecule has 28 heavy (non-hydrogen) atoms. The van der Waals surface area contributed by atoms with E-state index in [9.17, 15) is 4.79 Å². The second-order valence-electron chi connectivity index (χ2n) is 7.23. The molecule has 7 nitrogen and oxygen atoms in total. The Balaban J connectivity index is 1.81. The number of nitrogens with one attached hydrogen (secondary N) is 3. The highest BCUT2D eigenvalue weighted by Gasteiger charge is 2.23. The van der Waals surface area contributed by atoms with Crippen LogP contribution in [0.3, 0.4) is 0 Å². The Labute approximate surface area is 168 Å². The van der Waals surface area contributed by atoms with E-state index in [0.29, 0.717) is 30.6 Å². The molecule has 1 aromatic rings. The van der Waals surface area contributed by atoms with Crippen LogP contribution in [0.1, 0.15) is 31.1 Å². The van der Waals surface area contributed by atoms with Crippen LogP contribution in [0.4, 0.5) is 0 Å². The monoisotopic (exact) mass is 389 g/mol. The third-order valence-corrected chi connectivity index (χ3v) is 4.80. The Bertz CT molecular complexity index is 600. The molecule has 1 aliphatic heterocycles. The third-order valence-electron chi connectivity index (χ3n) is 4.80. The van der Waals surface area contributed by atoms with Crippen LogP contribution in [0.15, 0.2) is 35.3 Å². The summed E-state index contributed by atoms with van der Waals surface area (Å²) in [5, 5.41) is 9.51. The lowest BCUT2D eigenvalue weighted by Crippen LogP contribution is -2.48. The molecule has 0 saturated carbocycles. The summed E-state index contributed by atoms with van der Waals surface area (Å²) in [5.41, 5.74) is 0.674. The number of rotatable bonds is 9. The van der Waals surface area contributed by atoms with Gasteiger partial charge in [0.15, 0.2) is 5.96 Å². The predicted octanol–water partition coefficient (Wildman–Crippen LogP) is 1.33. The van der Waals surface area contributed by atoms with Crippen molar-refractivity contribution >= 4 is 11.9 Å². The molecule has 7 heteroatoms. The number of carbonyl (C=O) groups is 1. The summed E-state index contributed by atoms with van der Waals surface area (Å²) in [6, 6.07) is 9.65. The molecule has 156 valence electrons. The van der Waals surface area contributed by atoms with Crippen molar-refractivity contribution in [2.45, 2.75) is 26.8 Å². The molecule has 0 bridgehead atoms. The first-order valence-corrected chi connectivity index (χ1v) is 10.3. The van der Waals surface area contributed by atoms with Gasteiger partial charge in [-0.05, 0) is 25.0 Å². The van der Waals surface area contributed by atoms with Crippen molar-refractivity contribution < 1.29 is 9.53 Å². The van der Waals surface area contributed by atoms with E-state index in [0.717, 1.165) is 45.4 Å². The van der Waals surface area contributed by atoms with Gasteiger partial charge in [-0.1, -0.05) is 32.0 Å². The van der Waals surface area contributed by atoms with Gasteiger partial charge in [-0.2, -0.15) is 0 Å². The normalized spacial score (nSPS) is 16.6. The van der Waals surface area contributed by atoms with Gasteiger partial charge in [-0.3, -0.25) is 14.7 Å². The highest BCUT2D eigenvalue weighted by atomic mass is 16.5. The minimum atomic E-state index is -0.0588. The highest BCUT2D eigenvalue weighted by molar-refractivity contribution is 5.94. The number of carbonyl (C=O) groups excluding carboxylic acids is 1. The first-order chi connectivity index (χ1) is 13.6. The average Bonchev–Trinajstić information content (AvgIpc) is 2.72. The average molecular weight is 390 g/mol. The minimum Gasteiger partial charge on any atom is -0.379 e. The van der Waals surface area contributed by atoms with Crippen LogP contribution in [0.5, 0.6) is 0 Å². The topological polar surface area (TPSA) is 78.0 Å². The molecule has 1 unspecified atom stereocenters. The number of nitrogens with zero attached hydrogens (tertiary/aromatic N) is 2. The number of aliphatic imine (C=N–C) groups is 1. The molecule has 1 fully saturated rings. The Morgan fingerprint density at radius 3 is 2.43 bits per heavy atom. The first-order valence-electron chi connectivity index (χ1n) is 10.3. The van der Waals surface area contributed by atoms with E-state index < -0.39 is 0 Å². The largest absolute Gasteiger partial charge is 0.379 e. The smallest absolute Gasteiger partial charge is 0.251 e. The van der Waals surface area contributed by atoms with Crippen LogP contribution >= 0.6 is 0 Å². The van der Waals surface area contributed by atoms with Crippen LogP contribution in [-0.4, -0.2) is 75.3 Å². The van der Waals surface area contributed by atoms with Crippen LogP contribution in [0, 0.1) is 5.92 Å². The van der Waals surface area contributed by atoms with Gasteiger partial charge in [-0.15, -0.1) is 0 Å². The van der Waals surface area contributed by atoms with Gasteiger partial charge in [0.1, 0.15) is 0 Å². The molecule has 1 heterocycles. The van der Waals surface area contributed by atoms with E-state index in [-0.39, 0.29) is 5.91 Å². The zero-order valence-corrected chi connectivity index (χ0v) is 17.4. The predicted molar refractivity (Wildman–Crippen MR) is 114 cm³/mol. The van der Waals surface area contributed by atoms with Crippen LogP contribution in [0.25, 0.3) is 0 Å². The fourth-order valence-corrected chi connectivity index (χ4v) is 3.23. The number of hydrogen-bond acceptors (Lipinski definition) is 4. The van der Waals surface area contributed by atoms with Gasteiger partial charge in [0.05, 0.1) is 19.8 Å². The zero-order chi connectivity index (χ0) is 20.2. The van der Waals surface area contributed by atoms with Gasteiger partial charge in [-0.25, -0.2) is 0 Å². The number of morpholine rings is 1. The van der Waals surface area contributed by atoms with E-state index in [1.54, 1.807) is 0 Å². The summed E-state index contributed by atoms with van der Waals surface area (Å²) >= 11 is 0. The molecule has 0 aromatic heterocycles. The number of hydrogen-bond donors (Lipinski definition) is 3. The number of ether oxygens (including phenoxy) is 1. The van der Waals surface area contributed by atoms with Gasteiger partial charge in [0.2, 0.25) is 0 Å². The van der Waals surface area contributed by atoms with Crippen molar-refractivity contribution in [3.05, 3.63) is 35.9 Å². The van der Waals surface area contributed by atoms with Crippen LogP contribution in [-0.2, 0) is 4.74 Å². The second-order valence-corrected chi connectivity index (χ2v) is 7.23. The molecular weight excluding hydrogens is 354 g/mol. The van der Waals surface area contributed by atoms with Gasteiger partial charge < -0.3 is 20.7 Å². The van der Waals surface area contributed by atoms with Crippen molar-refractivity contribution in [2.75, 3.05) is 52.5 Å². The third kappa shape index (κ3) is 7.48. The lowest BCUT2D eigenvalue weighted by atomic mass is 10.0. The molecule has 0 radical (unpaired) electrons. The molecule has 1 saturated heterocycles. The summed E-state index contributed by atoms with van der Waals surface area (Å²) < 4.78 is 5.47. The van der Waals surface area contributed by atoms with E-state index in [2.05, 4.69) is 41.6 Å². The molecule has 0 spiro atoms. The lowest BCUT2D eigenvalue weighted by molar-refractivity contribution is 0.00867. The highest BCUT2D eigenvalue weighted by Crippen LogP contribution is 2.13. The number of amides is 1. The summed E-state index contributed by atoms with van der Waals surface area (Å²) in [6.45, 7) is 12.8. The maximum atomic E-state index is 12.1. The molecule has 1 amide bonds. The van der Waals surface area contributed by atoms with E-state index in [4.69, 9.17) is 9.73 Å². The van der Waals surface area contributed by atoms with E-state index in [1.807, 2.05) is 30.3 Å². The van der Waals surface area contributed by atoms with E-state index in [1.165, 1.54) is 0 Å². The number of guanidine groups is 1. The SMILES string of the molecule is CCNC(=NCC(C(C)C)N1CCOCC1)NCCNC(=O)c1ccccc1. The Morgan fingerprint density at radius 2 is 1.79 bits per heavy atom. The number of benzene rings is 1. The molecule has 3 N–H and O–H groups in total. The van der Waals surface area contributed by atoms with Crippen molar-refractivity contribution in [3.8, 4) is 0 Å². The zero-order valence-electron chi connectivity index (χ0n) is 17.4. The van der Waals surface area contributed by atoms with Gasteiger partial charge in [0, 0.05) is 44.3 Å². The van der Waals surface area contributed by atoms with Crippen molar-refractivity contribution in [2.24, 2.45) is 10.9 Å². The van der Waals surface area contributed by atoms with Crippen molar-refractivity contribution in [3.63, 3.8) is 0 Å².